The second-order valence-electron chi connectivity index (χ2n) is 7.19. The molecule has 0 saturated heterocycles. The lowest BCUT2D eigenvalue weighted by molar-refractivity contribution is -0.116. The van der Waals surface area contributed by atoms with Crippen LogP contribution in [0, 0.1) is 0 Å². The van der Waals surface area contributed by atoms with Gasteiger partial charge in [0.1, 0.15) is 0 Å². The number of carbonyl (C=O) groups excluding carboxylic acids is 2. The Bertz CT molecular complexity index is 572. The summed E-state index contributed by atoms with van der Waals surface area (Å²) in [5, 5.41) is 2.95. The number of ketones is 1. The molecule has 0 aromatic heterocycles. The standard InChI is InChI=1S/C20H28N2O2/c1-15(23)16-7-9-17(10-8-16)21-20(24)13-14-22(19-11-12-19)18-5-3-2-4-6-18/h7-10,18-19H,2-6,11-14H2,1H3,(H,21,24). The second-order valence-corrected chi connectivity index (χ2v) is 7.19. The predicted octanol–water partition coefficient (Wildman–Crippen LogP) is 4.01. The van der Waals surface area contributed by atoms with Gasteiger partial charge >= 0.3 is 0 Å². The van der Waals surface area contributed by atoms with Crippen LogP contribution in [-0.2, 0) is 4.79 Å². The molecule has 0 aliphatic heterocycles. The first kappa shape index (κ1) is 17.2. The Labute approximate surface area is 144 Å². The van der Waals surface area contributed by atoms with Gasteiger partial charge < -0.3 is 5.32 Å². The summed E-state index contributed by atoms with van der Waals surface area (Å²) in [6, 6.07) is 8.53. The molecule has 4 nitrogen and oxygen atoms in total. The van der Waals surface area contributed by atoms with Crippen LogP contribution >= 0.6 is 0 Å². The van der Waals surface area contributed by atoms with E-state index in [1.165, 1.54) is 44.9 Å². The predicted molar refractivity (Wildman–Crippen MR) is 96.3 cm³/mol. The highest BCUT2D eigenvalue weighted by molar-refractivity contribution is 5.95. The van der Waals surface area contributed by atoms with Crippen molar-refractivity contribution in [1.29, 1.82) is 0 Å². The molecule has 0 unspecified atom stereocenters. The number of benzene rings is 1. The van der Waals surface area contributed by atoms with Gasteiger partial charge in [0, 0.05) is 36.3 Å². The number of rotatable bonds is 7. The van der Waals surface area contributed by atoms with Crippen LogP contribution < -0.4 is 5.32 Å². The molecule has 0 atom stereocenters. The molecule has 4 heteroatoms. The van der Waals surface area contributed by atoms with Gasteiger partial charge in [-0.1, -0.05) is 19.3 Å². The summed E-state index contributed by atoms with van der Waals surface area (Å²) in [4.78, 5) is 26.1. The quantitative estimate of drug-likeness (QED) is 0.769. The molecule has 1 N–H and O–H groups in total. The highest BCUT2D eigenvalue weighted by atomic mass is 16.1. The molecule has 0 heterocycles. The third kappa shape index (κ3) is 4.67. The summed E-state index contributed by atoms with van der Waals surface area (Å²) in [7, 11) is 0. The van der Waals surface area contributed by atoms with Crippen LogP contribution in [0.15, 0.2) is 24.3 Å². The summed E-state index contributed by atoms with van der Waals surface area (Å²) >= 11 is 0. The Hall–Kier alpha value is -1.68. The second kappa shape index (κ2) is 7.93. The maximum Gasteiger partial charge on any atom is 0.225 e. The minimum atomic E-state index is 0.0421. The Balaban J connectivity index is 1.49. The third-order valence-electron chi connectivity index (χ3n) is 5.23. The van der Waals surface area contributed by atoms with E-state index in [1.807, 2.05) is 0 Å². The van der Waals surface area contributed by atoms with Crippen molar-refractivity contribution in [3.05, 3.63) is 29.8 Å². The first-order chi connectivity index (χ1) is 11.6. The minimum absolute atomic E-state index is 0.0421. The summed E-state index contributed by atoms with van der Waals surface area (Å²) < 4.78 is 0. The van der Waals surface area contributed by atoms with E-state index in [4.69, 9.17) is 0 Å². The number of carbonyl (C=O) groups is 2. The lowest BCUT2D eigenvalue weighted by Crippen LogP contribution is -2.40. The van der Waals surface area contributed by atoms with E-state index >= 15 is 0 Å². The molecular formula is C20H28N2O2. The van der Waals surface area contributed by atoms with E-state index in [9.17, 15) is 9.59 Å². The van der Waals surface area contributed by atoms with Crippen LogP contribution in [-0.4, -0.2) is 35.2 Å². The lowest BCUT2D eigenvalue weighted by Gasteiger charge is -2.34. The Kier molecular flexibility index (Phi) is 5.67. The van der Waals surface area contributed by atoms with Crippen LogP contribution in [0.5, 0.6) is 0 Å². The van der Waals surface area contributed by atoms with Crippen molar-refractivity contribution in [1.82, 2.24) is 4.90 Å². The van der Waals surface area contributed by atoms with E-state index in [0.717, 1.165) is 18.3 Å². The van der Waals surface area contributed by atoms with Crippen LogP contribution in [0.1, 0.15) is 68.6 Å². The highest BCUT2D eigenvalue weighted by Crippen LogP contribution is 2.33. The lowest BCUT2D eigenvalue weighted by atomic mass is 9.94. The van der Waals surface area contributed by atoms with Gasteiger partial charge in [-0.15, -0.1) is 0 Å². The molecule has 0 spiro atoms. The zero-order valence-corrected chi connectivity index (χ0v) is 14.6. The smallest absolute Gasteiger partial charge is 0.225 e. The van der Waals surface area contributed by atoms with E-state index in [1.54, 1.807) is 31.2 Å². The Morgan fingerprint density at radius 1 is 1.00 bits per heavy atom. The number of Topliss-reactive ketones (excluding diaryl/α,β-unsaturated/α-hetero) is 1. The summed E-state index contributed by atoms with van der Waals surface area (Å²) in [6.45, 7) is 2.41. The van der Waals surface area contributed by atoms with Gasteiger partial charge in [0.2, 0.25) is 5.91 Å². The maximum absolute atomic E-state index is 12.3. The highest BCUT2D eigenvalue weighted by Gasteiger charge is 2.34. The van der Waals surface area contributed by atoms with E-state index in [2.05, 4.69) is 10.2 Å². The summed E-state index contributed by atoms with van der Waals surface area (Å²) in [5.41, 5.74) is 1.44. The summed E-state index contributed by atoms with van der Waals surface area (Å²) in [6.07, 6.45) is 9.77. The molecule has 0 radical (unpaired) electrons. The number of hydrogen-bond donors (Lipinski definition) is 1. The maximum atomic E-state index is 12.3. The third-order valence-corrected chi connectivity index (χ3v) is 5.23. The van der Waals surface area contributed by atoms with Crippen molar-refractivity contribution in [2.75, 3.05) is 11.9 Å². The zero-order valence-electron chi connectivity index (χ0n) is 14.6. The first-order valence-electron chi connectivity index (χ1n) is 9.30. The van der Waals surface area contributed by atoms with E-state index < -0.39 is 0 Å². The van der Waals surface area contributed by atoms with Gasteiger partial charge in [-0.3, -0.25) is 14.5 Å². The van der Waals surface area contributed by atoms with Crippen molar-refractivity contribution >= 4 is 17.4 Å². The first-order valence-corrected chi connectivity index (χ1v) is 9.30. The molecule has 2 aliphatic rings. The van der Waals surface area contributed by atoms with Crippen molar-refractivity contribution in [3.63, 3.8) is 0 Å². The molecular weight excluding hydrogens is 300 g/mol. The molecule has 0 bridgehead atoms. The van der Waals surface area contributed by atoms with E-state index in [-0.39, 0.29) is 11.7 Å². The SMILES string of the molecule is CC(=O)c1ccc(NC(=O)CCN(C2CCCCC2)C2CC2)cc1. The largest absolute Gasteiger partial charge is 0.326 e. The number of anilines is 1. The zero-order chi connectivity index (χ0) is 16.9. The fraction of sp³-hybridized carbons (Fsp3) is 0.600. The average molecular weight is 328 g/mol. The van der Waals surface area contributed by atoms with Crippen molar-refractivity contribution in [2.45, 2.75) is 70.4 Å². The van der Waals surface area contributed by atoms with Gasteiger partial charge in [-0.2, -0.15) is 0 Å². The minimum Gasteiger partial charge on any atom is -0.326 e. The van der Waals surface area contributed by atoms with Crippen molar-refractivity contribution < 1.29 is 9.59 Å². The Morgan fingerprint density at radius 3 is 2.21 bits per heavy atom. The van der Waals surface area contributed by atoms with Gasteiger partial charge in [0.05, 0.1) is 0 Å². The normalized spacial score (nSPS) is 18.6. The topological polar surface area (TPSA) is 49.4 Å². The van der Waals surface area contributed by atoms with Crippen molar-refractivity contribution in [3.8, 4) is 0 Å². The molecule has 2 fully saturated rings. The average Bonchev–Trinajstić information content (AvgIpc) is 3.41. The summed E-state index contributed by atoms with van der Waals surface area (Å²) in [5.74, 6) is 0.104. The van der Waals surface area contributed by atoms with E-state index in [0.29, 0.717) is 18.0 Å². The van der Waals surface area contributed by atoms with Gasteiger partial charge in [0.15, 0.2) is 5.78 Å². The van der Waals surface area contributed by atoms with Crippen LogP contribution in [0.2, 0.25) is 0 Å². The molecule has 3 rings (SSSR count). The molecule has 2 saturated carbocycles. The van der Waals surface area contributed by atoms with Crippen LogP contribution in [0.4, 0.5) is 5.69 Å². The molecule has 130 valence electrons. The number of nitrogens with zero attached hydrogens (tertiary/aromatic N) is 1. The Morgan fingerprint density at radius 2 is 1.62 bits per heavy atom. The van der Waals surface area contributed by atoms with Gasteiger partial charge in [-0.25, -0.2) is 0 Å². The fourth-order valence-electron chi connectivity index (χ4n) is 3.72. The molecule has 24 heavy (non-hydrogen) atoms. The molecule has 1 aromatic carbocycles. The molecule has 2 aliphatic carbocycles. The van der Waals surface area contributed by atoms with Crippen LogP contribution in [0.3, 0.4) is 0 Å². The number of amides is 1. The molecule has 1 amide bonds. The molecule has 1 aromatic rings. The monoisotopic (exact) mass is 328 g/mol. The van der Waals surface area contributed by atoms with Gasteiger partial charge in [0.25, 0.3) is 0 Å². The number of nitrogens with one attached hydrogen (secondary N) is 1. The van der Waals surface area contributed by atoms with Crippen LogP contribution in [0.25, 0.3) is 0 Å². The fourth-order valence-corrected chi connectivity index (χ4v) is 3.72. The van der Waals surface area contributed by atoms with Gasteiger partial charge in [-0.05, 0) is 56.9 Å². The number of hydrogen-bond acceptors (Lipinski definition) is 3. The van der Waals surface area contributed by atoms with Crippen molar-refractivity contribution in [2.24, 2.45) is 0 Å².